The Morgan fingerprint density at radius 3 is 2.81 bits per heavy atom. The van der Waals surface area contributed by atoms with Crippen molar-refractivity contribution in [1.29, 1.82) is 0 Å². The predicted molar refractivity (Wildman–Crippen MR) is 76.7 cm³/mol. The summed E-state index contributed by atoms with van der Waals surface area (Å²) in [6.07, 6.45) is 1.22. The molecular formula is C12H15ClN2O5S. The summed E-state index contributed by atoms with van der Waals surface area (Å²) in [5.74, 6) is 0.118. The molecule has 116 valence electrons. The summed E-state index contributed by atoms with van der Waals surface area (Å²) in [6.45, 7) is 0.688. The molecule has 1 aromatic rings. The van der Waals surface area contributed by atoms with Crippen LogP contribution in [-0.4, -0.2) is 42.4 Å². The van der Waals surface area contributed by atoms with E-state index >= 15 is 0 Å². The molecular weight excluding hydrogens is 320 g/mol. The summed E-state index contributed by atoms with van der Waals surface area (Å²) in [5, 5.41) is 19.6. The van der Waals surface area contributed by atoms with E-state index < -0.39 is 20.6 Å². The first kappa shape index (κ1) is 16.2. The average Bonchev–Trinajstić information content (AvgIpc) is 2.88. The van der Waals surface area contributed by atoms with Crippen LogP contribution >= 0.6 is 11.6 Å². The van der Waals surface area contributed by atoms with Crippen LogP contribution < -0.4 is 0 Å². The van der Waals surface area contributed by atoms with E-state index in [2.05, 4.69) is 0 Å². The minimum atomic E-state index is -3.77. The highest BCUT2D eigenvalue weighted by Crippen LogP contribution is 2.31. The van der Waals surface area contributed by atoms with Gasteiger partial charge in [0.15, 0.2) is 0 Å². The summed E-state index contributed by atoms with van der Waals surface area (Å²) in [7, 11) is -3.77. The van der Waals surface area contributed by atoms with Crippen LogP contribution in [0, 0.1) is 16.0 Å². The van der Waals surface area contributed by atoms with E-state index in [-0.39, 0.29) is 22.4 Å². The SMILES string of the molecule is O=[N+]([O-])c1cc(S(=O)(=O)N2CCC(CCO)C2)ccc1Cl. The number of nitrogens with zero attached hydrogens (tertiary/aromatic N) is 2. The number of aliphatic hydroxyl groups excluding tert-OH is 1. The smallest absolute Gasteiger partial charge is 0.289 e. The molecule has 1 aliphatic heterocycles. The maximum atomic E-state index is 12.5. The number of hydrogen-bond donors (Lipinski definition) is 1. The number of aliphatic hydroxyl groups is 1. The van der Waals surface area contributed by atoms with E-state index in [0.29, 0.717) is 25.9 Å². The summed E-state index contributed by atoms with van der Waals surface area (Å²) in [6, 6.07) is 3.47. The lowest BCUT2D eigenvalue weighted by Gasteiger charge is -2.16. The van der Waals surface area contributed by atoms with Crippen molar-refractivity contribution in [1.82, 2.24) is 4.31 Å². The maximum absolute atomic E-state index is 12.5. The first-order chi connectivity index (χ1) is 9.86. The van der Waals surface area contributed by atoms with Crippen molar-refractivity contribution in [2.45, 2.75) is 17.7 Å². The maximum Gasteiger partial charge on any atom is 0.289 e. The Hall–Kier alpha value is -1.22. The number of halogens is 1. The third-order valence-electron chi connectivity index (χ3n) is 3.54. The molecule has 9 heteroatoms. The predicted octanol–water partition coefficient (Wildman–Crippen LogP) is 1.64. The lowest BCUT2D eigenvalue weighted by molar-refractivity contribution is -0.384. The summed E-state index contributed by atoms with van der Waals surface area (Å²) in [4.78, 5) is 10.0. The molecule has 1 aliphatic rings. The molecule has 0 aromatic heterocycles. The van der Waals surface area contributed by atoms with Crippen molar-refractivity contribution in [3.63, 3.8) is 0 Å². The van der Waals surface area contributed by atoms with Gasteiger partial charge >= 0.3 is 0 Å². The van der Waals surface area contributed by atoms with Gasteiger partial charge in [0.05, 0.1) is 9.82 Å². The zero-order valence-corrected chi connectivity index (χ0v) is 12.7. The first-order valence-electron chi connectivity index (χ1n) is 6.41. The fourth-order valence-electron chi connectivity index (χ4n) is 2.38. The van der Waals surface area contributed by atoms with Gasteiger partial charge in [-0.1, -0.05) is 11.6 Å². The number of nitro groups is 1. The van der Waals surface area contributed by atoms with Gasteiger partial charge in [0.1, 0.15) is 5.02 Å². The second-order valence-corrected chi connectivity index (χ2v) is 7.25. The van der Waals surface area contributed by atoms with Gasteiger partial charge in [-0.2, -0.15) is 4.31 Å². The molecule has 0 saturated carbocycles. The third-order valence-corrected chi connectivity index (χ3v) is 5.72. The molecule has 1 aromatic carbocycles. The quantitative estimate of drug-likeness (QED) is 0.651. The normalized spacial score (nSPS) is 19.8. The molecule has 0 bridgehead atoms. The molecule has 1 atom stereocenters. The van der Waals surface area contributed by atoms with Crippen LogP contribution in [-0.2, 0) is 10.0 Å². The van der Waals surface area contributed by atoms with Crippen molar-refractivity contribution in [3.05, 3.63) is 33.3 Å². The molecule has 1 N–H and O–H groups in total. The fourth-order valence-corrected chi connectivity index (χ4v) is 4.11. The third kappa shape index (κ3) is 3.34. The minimum Gasteiger partial charge on any atom is -0.396 e. The highest BCUT2D eigenvalue weighted by atomic mass is 35.5. The van der Waals surface area contributed by atoms with Gasteiger partial charge in [-0.15, -0.1) is 0 Å². The standard InChI is InChI=1S/C12H15ClN2O5S/c13-11-2-1-10(7-12(11)15(17)18)21(19,20)14-5-3-9(8-14)4-6-16/h1-2,7,9,16H,3-6,8H2. The van der Waals surface area contributed by atoms with Gasteiger partial charge in [0.2, 0.25) is 10.0 Å². The highest BCUT2D eigenvalue weighted by Gasteiger charge is 2.33. The number of benzene rings is 1. The van der Waals surface area contributed by atoms with Crippen molar-refractivity contribution in [2.24, 2.45) is 5.92 Å². The van der Waals surface area contributed by atoms with E-state index in [1.54, 1.807) is 0 Å². The molecule has 1 heterocycles. The van der Waals surface area contributed by atoms with Gasteiger partial charge in [-0.3, -0.25) is 10.1 Å². The van der Waals surface area contributed by atoms with Crippen molar-refractivity contribution < 1.29 is 18.4 Å². The Kier molecular flexibility index (Phi) is 4.82. The molecule has 1 saturated heterocycles. The van der Waals surface area contributed by atoms with Crippen LogP contribution in [0.4, 0.5) is 5.69 Å². The number of sulfonamides is 1. The van der Waals surface area contributed by atoms with Crippen molar-refractivity contribution in [2.75, 3.05) is 19.7 Å². The minimum absolute atomic E-state index is 0.0188. The fraction of sp³-hybridized carbons (Fsp3) is 0.500. The Labute approximate surface area is 127 Å². The monoisotopic (exact) mass is 334 g/mol. The largest absolute Gasteiger partial charge is 0.396 e. The van der Waals surface area contributed by atoms with Crippen LogP contribution in [0.15, 0.2) is 23.1 Å². The van der Waals surface area contributed by atoms with Crippen LogP contribution in [0.5, 0.6) is 0 Å². The molecule has 1 fully saturated rings. The van der Waals surface area contributed by atoms with Gasteiger partial charge in [-0.25, -0.2) is 8.42 Å². The second kappa shape index (κ2) is 6.27. The Morgan fingerprint density at radius 1 is 1.48 bits per heavy atom. The first-order valence-corrected chi connectivity index (χ1v) is 8.23. The van der Waals surface area contributed by atoms with Gasteiger partial charge in [-0.05, 0) is 30.9 Å². The Morgan fingerprint density at radius 2 is 2.19 bits per heavy atom. The van der Waals surface area contributed by atoms with Gasteiger partial charge < -0.3 is 5.11 Å². The number of nitro benzene ring substituents is 1. The average molecular weight is 335 g/mol. The van der Waals surface area contributed by atoms with E-state index in [9.17, 15) is 18.5 Å². The molecule has 1 unspecified atom stereocenters. The molecule has 0 amide bonds. The second-order valence-electron chi connectivity index (χ2n) is 4.90. The molecule has 0 aliphatic carbocycles. The molecule has 2 rings (SSSR count). The van der Waals surface area contributed by atoms with Gasteiger partial charge in [0, 0.05) is 25.8 Å². The number of hydrogen-bond acceptors (Lipinski definition) is 5. The van der Waals surface area contributed by atoms with E-state index in [0.717, 1.165) is 6.07 Å². The molecule has 0 radical (unpaired) electrons. The van der Waals surface area contributed by atoms with Crippen LogP contribution in [0.3, 0.4) is 0 Å². The van der Waals surface area contributed by atoms with Crippen molar-refractivity contribution in [3.8, 4) is 0 Å². The summed E-state index contributed by atoms with van der Waals surface area (Å²) < 4.78 is 26.2. The zero-order valence-electron chi connectivity index (χ0n) is 11.1. The van der Waals surface area contributed by atoms with E-state index in [4.69, 9.17) is 16.7 Å². The Bertz CT molecular complexity index is 649. The van der Waals surface area contributed by atoms with Crippen LogP contribution in [0.25, 0.3) is 0 Å². The topological polar surface area (TPSA) is 101 Å². The molecule has 7 nitrogen and oxygen atoms in total. The summed E-state index contributed by atoms with van der Waals surface area (Å²) >= 11 is 5.69. The van der Waals surface area contributed by atoms with E-state index in [1.807, 2.05) is 0 Å². The Balaban J connectivity index is 2.28. The van der Waals surface area contributed by atoms with Crippen LogP contribution in [0.1, 0.15) is 12.8 Å². The number of rotatable bonds is 5. The molecule has 21 heavy (non-hydrogen) atoms. The lowest BCUT2D eigenvalue weighted by atomic mass is 10.1. The van der Waals surface area contributed by atoms with Crippen LogP contribution in [0.2, 0.25) is 5.02 Å². The molecule has 0 spiro atoms. The lowest BCUT2D eigenvalue weighted by Crippen LogP contribution is -2.29. The zero-order chi connectivity index (χ0) is 15.6. The highest BCUT2D eigenvalue weighted by molar-refractivity contribution is 7.89. The van der Waals surface area contributed by atoms with Gasteiger partial charge in [0.25, 0.3) is 5.69 Å². The van der Waals surface area contributed by atoms with E-state index in [1.165, 1.54) is 16.4 Å². The summed E-state index contributed by atoms with van der Waals surface area (Å²) in [5.41, 5.74) is -0.427. The van der Waals surface area contributed by atoms with Crippen molar-refractivity contribution >= 4 is 27.3 Å².